The van der Waals surface area contributed by atoms with Crippen LogP contribution in [0.15, 0.2) is 35.7 Å². The minimum atomic E-state index is 0.666. The van der Waals surface area contributed by atoms with Gasteiger partial charge in [0.2, 0.25) is 0 Å². The van der Waals surface area contributed by atoms with Crippen LogP contribution in [0, 0.1) is 11.3 Å². The molecule has 0 bridgehead atoms. The number of aromatic nitrogens is 2. The predicted molar refractivity (Wildman–Crippen MR) is 84.1 cm³/mol. The number of thiophene rings is 2. The van der Waals surface area contributed by atoms with Gasteiger partial charge < -0.3 is 4.57 Å². The number of rotatable bonds is 1. The Bertz CT molecular complexity index is 953. The van der Waals surface area contributed by atoms with Crippen LogP contribution in [0.4, 0.5) is 0 Å². The summed E-state index contributed by atoms with van der Waals surface area (Å²) in [5, 5.41) is 11.1. The number of benzene rings is 1. The number of fused-ring (bicyclic) bond motifs is 2. The van der Waals surface area contributed by atoms with E-state index in [1.165, 1.54) is 14.3 Å². The van der Waals surface area contributed by atoms with Crippen molar-refractivity contribution in [2.75, 3.05) is 0 Å². The van der Waals surface area contributed by atoms with E-state index in [0.29, 0.717) is 5.56 Å². The van der Waals surface area contributed by atoms with Gasteiger partial charge in [0.25, 0.3) is 0 Å². The molecule has 0 aliphatic heterocycles. The zero-order chi connectivity index (χ0) is 13.7. The van der Waals surface area contributed by atoms with Crippen molar-refractivity contribution in [2.45, 2.75) is 0 Å². The van der Waals surface area contributed by atoms with Crippen LogP contribution < -0.4 is 0 Å². The molecule has 96 valence electrons. The molecule has 5 heteroatoms. The van der Waals surface area contributed by atoms with Gasteiger partial charge >= 0.3 is 0 Å². The van der Waals surface area contributed by atoms with Crippen LogP contribution in [-0.4, -0.2) is 9.55 Å². The van der Waals surface area contributed by atoms with Crippen LogP contribution in [0.25, 0.3) is 31.1 Å². The van der Waals surface area contributed by atoms with E-state index in [1.54, 1.807) is 22.7 Å². The first kappa shape index (κ1) is 11.6. The van der Waals surface area contributed by atoms with Crippen molar-refractivity contribution in [3.05, 3.63) is 41.3 Å². The van der Waals surface area contributed by atoms with Gasteiger partial charge in [0, 0.05) is 16.4 Å². The van der Waals surface area contributed by atoms with Crippen molar-refractivity contribution in [1.29, 1.82) is 5.26 Å². The summed E-state index contributed by atoms with van der Waals surface area (Å²) in [6.07, 6.45) is 0. The van der Waals surface area contributed by atoms with E-state index in [1.807, 2.05) is 25.2 Å². The average Bonchev–Trinajstić information content (AvgIpc) is 3.11. The third kappa shape index (κ3) is 1.59. The van der Waals surface area contributed by atoms with Crippen LogP contribution >= 0.6 is 22.7 Å². The molecule has 4 rings (SSSR count). The molecule has 0 saturated heterocycles. The topological polar surface area (TPSA) is 41.6 Å². The van der Waals surface area contributed by atoms with Crippen LogP contribution in [0.1, 0.15) is 5.56 Å². The summed E-state index contributed by atoms with van der Waals surface area (Å²) in [5.74, 6) is 0.962. The maximum Gasteiger partial charge on any atom is 0.151 e. The lowest BCUT2D eigenvalue weighted by atomic mass is 10.2. The lowest BCUT2D eigenvalue weighted by Gasteiger charge is -1.99. The second kappa shape index (κ2) is 4.17. The van der Waals surface area contributed by atoms with Crippen molar-refractivity contribution in [2.24, 2.45) is 7.05 Å². The number of nitrogens with zero attached hydrogens (tertiary/aromatic N) is 3. The molecule has 0 N–H and O–H groups in total. The van der Waals surface area contributed by atoms with Crippen LogP contribution in [-0.2, 0) is 7.05 Å². The summed E-state index contributed by atoms with van der Waals surface area (Å²) in [6.45, 7) is 0. The molecule has 0 saturated carbocycles. The molecule has 0 aliphatic carbocycles. The van der Waals surface area contributed by atoms with Gasteiger partial charge in [-0.05, 0) is 35.7 Å². The first-order chi connectivity index (χ1) is 9.76. The maximum atomic E-state index is 9.00. The Labute approximate surface area is 123 Å². The number of hydrogen-bond donors (Lipinski definition) is 0. The molecule has 0 atom stereocenters. The third-order valence-electron chi connectivity index (χ3n) is 3.37. The summed E-state index contributed by atoms with van der Waals surface area (Å²) in [4.78, 5) is 5.87. The van der Waals surface area contributed by atoms with E-state index < -0.39 is 0 Å². The summed E-state index contributed by atoms with van der Waals surface area (Å²) >= 11 is 3.51. The first-order valence-corrected chi connectivity index (χ1v) is 7.80. The zero-order valence-electron chi connectivity index (χ0n) is 10.6. The fraction of sp³-hybridized carbons (Fsp3) is 0.0667. The summed E-state index contributed by atoms with van der Waals surface area (Å²) in [5.41, 5.74) is 2.59. The van der Waals surface area contributed by atoms with Crippen LogP contribution in [0.5, 0.6) is 0 Å². The molecule has 0 aliphatic rings. The molecular formula is C15H9N3S2. The lowest BCUT2D eigenvalue weighted by Crippen LogP contribution is -1.90. The van der Waals surface area contributed by atoms with Gasteiger partial charge in [-0.15, -0.1) is 22.7 Å². The van der Waals surface area contributed by atoms with Crippen molar-refractivity contribution >= 4 is 43.1 Å². The highest BCUT2D eigenvalue weighted by Gasteiger charge is 2.13. The highest BCUT2D eigenvalue weighted by atomic mass is 32.1. The number of hydrogen-bond acceptors (Lipinski definition) is 4. The Morgan fingerprint density at radius 3 is 2.90 bits per heavy atom. The molecule has 3 aromatic heterocycles. The number of nitriles is 1. The van der Waals surface area contributed by atoms with Crippen LogP contribution in [0.3, 0.4) is 0 Å². The van der Waals surface area contributed by atoms with E-state index in [0.717, 1.165) is 16.9 Å². The quantitative estimate of drug-likeness (QED) is 0.522. The smallest absolute Gasteiger partial charge is 0.151 e. The second-order valence-electron chi connectivity index (χ2n) is 4.57. The van der Waals surface area contributed by atoms with Gasteiger partial charge in [0.15, 0.2) is 5.82 Å². The van der Waals surface area contributed by atoms with Gasteiger partial charge in [0.1, 0.15) is 0 Å². The fourth-order valence-electron chi connectivity index (χ4n) is 2.36. The van der Waals surface area contributed by atoms with E-state index in [2.05, 4.69) is 28.1 Å². The summed E-state index contributed by atoms with van der Waals surface area (Å²) < 4.78 is 4.66. The van der Waals surface area contributed by atoms with E-state index in [4.69, 9.17) is 10.2 Å². The standard InChI is InChI=1S/C15H9N3S2/c1-18-11-6-9(8-16)2-3-10(11)17-15(18)14-7-13-12(20-14)4-5-19-13/h2-7H,1H3. The Balaban J connectivity index is 1.98. The number of imidazole rings is 1. The lowest BCUT2D eigenvalue weighted by molar-refractivity contribution is 0.963. The molecule has 20 heavy (non-hydrogen) atoms. The van der Waals surface area contributed by atoms with Gasteiger partial charge in [-0.3, -0.25) is 0 Å². The molecule has 0 fully saturated rings. The largest absolute Gasteiger partial charge is 0.326 e. The SMILES string of the molecule is Cn1c(-c2cc3sccc3s2)nc2ccc(C#N)cc21. The van der Waals surface area contributed by atoms with Crippen molar-refractivity contribution in [3.63, 3.8) is 0 Å². The molecular weight excluding hydrogens is 286 g/mol. The van der Waals surface area contributed by atoms with Gasteiger partial charge in [-0.2, -0.15) is 5.26 Å². The maximum absolute atomic E-state index is 9.00. The van der Waals surface area contributed by atoms with Crippen molar-refractivity contribution in [3.8, 4) is 16.8 Å². The Hall–Kier alpha value is -2.16. The monoisotopic (exact) mass is 295 g/mol. The van der Waals surface area contributed by atoms with E-state index in [-0.39, 0.29) is 0 Å². The van der Waals surface area contributed by atoms with Crippen molar-refractivity contribution in [1.82, 2.24) is 9.55 Å². The highest BCUT2D eigenvalue weighted by molar-refractivity contribution is 7.28. The number of aryl methyl sites for hydroxylation is 1. The molecule has 0 unspecified atom stereocenters. The molecule has 3 nitrogen and oxygen atoms in total. The highest BCUT2D eigenvalue weighted by Crippen LogP contribution is 2.36. The second-order valence-corrected chi connectivity index (χ2v) is 6.60. The molecule has 0 radical (unpaired) electrons. The third-order valence-corrected chi connectivity index (χ3v) is 5.46. The Morgan fingerprint density at radius 2 is 2.10 bits per heavy atom. The van der Waals surface area contributed by atoms with Crippen LogP contribution in [0.2, 0.25) is 0 Å². The average molecular weight is 295 g/mol. The summed E-state index contributed by atoms with van der Waals surface area (Å²) in [7, 11) is 2.00. The van der Waals surface area contributed by atoms with Gasteiger partial charge in [0.05, 0.1) is 27.5 Å². The zero-order valence-corrected chi connectivity index (χ0v) is 12.3. The minimum Gasteiger partial charge on any atom is -0.326 e. The fourth-order valence-corrected chi connectivity index (χ4v) is 4.49. The predicted octanol–water partition coefficient (Wildman–Crippen LogP) is 4.39. The molecule has 1 aromatic carbocycles. The summed E-state index contributed by atoms with van der Waals surface area (Å²) in [6, 6.07) is 12.1. The Morgan fingerprint density at radius 1 is 1.20 bits per heavy atom. The Kier molecular flexibility index (Phi) is 2.43. The molecule has 4 aromatic rings. The van der Waals surface area contributed by atoms with Crippen molar-refractivity contribution < 1.29 is 0 Å². The molecule has 0 spiro atoms. The van der Waals surface area contributed by atoms with Gasteiger partial charge in [-0.1, -0.05) is 0 Å². The molecule has 0 amide bonds. The normalized spacial score (nSPS) is 11.2. The van der Waals surface area contributed by atoms with Gasteiger partial charge in [-0.25, -0.2) is 4.98 Å². The van der Waals surface area contributed by atoms with E-state index >= 15 is 0 Å². The first-order valence-electron chi connectivity index (χ1n) is 6.10. The minimum absolute atomic E-state index is 0.666. The molecule has 3 heterocycles. The van der Waals surface area contributed by atoms with E-state index in [9.17, 15) is 0 Å².